The number of hydrogen-bond acceptors (Lipinski definition) is 4. The molecule has 0 radical (unpaired) electrons. The SMILES string of the molecule is COc1cc(CN2C[C@@H]3CC[C@](O)(c4ccc(F)cc4)[C@H]3C2)ccc1O. The first kappa shape index (κ1) is 17.3. The summed E-state index contributed by atoms with van der Waals surface area (Å²) >= 11 is 0. The van der Waals surface area contributed by atoms with Gasteiger partial charge in [0.1, 0.15) is 5.82 Å². The van der Waals surface area contributed by atoms with Crippen LogP contribution in [0.15, 0.2) is 42.5 Å². The second-order valence-electron chi connectivity index (χ2n) is 7.54. The maximum Gasteiger partial charge on any atom is 0.160 e. The van der Waals surface area contributed by atoms with Crippen molar-refractivity contribution in [3.63, 3.8) is 0 Å². The Morgan fingerprint density at radius 3 is 2.69 bits per heavy atom. The third-order valence-electron chi connectivity index (χ3n) is 6.02. The number of phenolic OH excluding ortho intramolecular Hbond substituents is 1. The minimum absolute atomic E-state index is 0.139. The zero-order valence-corrected chi connectivity index (χ0v) is 14.9. The molecule has 1 aliphatic carbocycles. The molecule has 1 saturated heterocycles. The van der Waals surface area contributed by atoms with Crippen molar-refractivity contribution in [2.75, 3.05) is 20.2 Å². The standard InChI is InChI=1S/C21H24FNO3/c1-26-20-10-14(2-7-19(20)24)11-23-12-15-8-9-21(25,18(15)13-23)16-3-5-17(22)6-4-16/h2-7,10,15,18,24-25H,8-9,11-13H2,1H3/t15-,18-,21-/m0/s1. The smallest absolute Gasteiger partial charge is 0.160 e. The molecule has 0 amide bonds. The van der Waals surface area contributed by atoms with Crippen LogP contribution in [0.25, 0.3) is 0 Å². The second-order valence-corrected chi connectivity index (χ2v) is 7.54. The van der Waals surface area contributed by atoms with Crippen LogP contribution in [0.5, 0.6) is 11.5 Å². The number of methoxy groups -OCH3 is 1. The number of ether oxygens (including phenoxy) is 1. The summed E-state index contributed by atoms with van der Waals surface area (Å²) in [6, 6.07) is 11.7. The summed E-state index contributed by atoms with van der Waals surface area (Å²) < 4.78 is 18.4. The van der Waals surface area contributed by atoms with Crippen LogP contribution in [0, 0.1) is 17.7 Å². The molecule has 2 N–H and O–H groups in total. The van der Waals surface area contributed by atoms with E-state index in [4.69, 9.17) is 4.74 Å². The maximum atomic E-state index is 13.2. The number of phenols is 1. The van der Waals surface area contributed by atoms with Gasteiger partial charge in [-0.15, -0.1) is 0 Å². The van der Waals surface area contributed by atoms with Gasteiger partial charge in [-0.05, 0) is 54.2 Å². The molecule has 5 heteroatoms. The van der Waals surface area contributed by atoms with E-state index in [-0.39, 0.29) is 17.5 Å². The van der Waals surface area contributed by atoms with Crippen LogP contribution in [0.1, 0.15) is 24.0 Å². The third kappa shape index (κ3) is 2.95. The van der Waals surface area contributed by atoms with E-state index in [2.05, 4.69) is 4.90 Å². The lowest BCUT2D eigenvalue weighted by Crippen LogP contribution is -2.34. The van der Waals surface area contributed by atoms with Crippen molar-refractivity contribution in [3.05, 3.63) is 59.4 Å². The highest BCUT2D eigenvalue weighted by Gasteiger charge is 2.52. The molecule has 4 nitrogen and oxygen atoms in total. The highest BCUT2D eigenvalue weighted by molar-refractivity contribution is 5.41. The van der Waals surface area contributed by atoms with E-state index in [9.17, 15) is 14.6 Å². The zero-order chi connectivity index (χ0) is 18.3. The van der Waals surface area contributed by atoms with E-state index in [0.717, 1.165) is 43.6 Å². The fraction of sp³-hybridized carbons (Fsp3) is 0.429. The van der Waals surface area contributed by atoms with Crippen molar-refractivity contribution >= 4 is 0 Å². The van der Waals surface area contributed by atoms with Gasteiger partial charge in [-0.2, -0.15) is 0 Å². The Bertz CT molecular complexity index is 794. The molecule has 3 atom stereocenters. The van der Waals surface area contributed by atoms with Gasteiger partial charge in [0.2, 0.25) is 0 Å². The summed E-state index contributed by atoms with van der Waals surface area (Å²) in [4.78, 5) is 2.34. The van der Waals surface area contributed by atoms with Crippen LogP contribution in [-0.2, 0) is 12.1 Å². The molecular formula is C21H24FNO3. The topological polar surface area (TPSA) is 52.9 Å². The minimum atomic E-state index is -0.875. The first-order chi connectivity index (χ1) is 12.5. The molecule has 2 aromatic rings. The van der Waals surface area contributed by atoms with Crippen LogP contribution in [0.4, 0.5) is 4.39 Å². The quantitative estimate of drug-likeness (QED) is 0.882. The summed E-state index contributed by atoms with van der Waals surface area (Å²) in [7, 11) is 1.54. The molecule has 1 saturated carbocycles. The van der Waals surface area contributed by atoms with Gasteiger partial charge in [-0.3, -0.25) is 4.90 Å². The highest BCUT2D eigenvalue weighted by atomic mass is 19.1. The van der Waals surface area contributed by atoms with Gasteiger partial charge in [-0.1, -0.05) is 18.2 Å². The summed E-state index contributed by atoms with van der Waals surface area (Å²) in [6.45, 7) is 2.50. The molecule has 1 aliphatic heterocycles. The Morgan fingerprint density at radius 1 is 1.19 bits per heavy atom. The number of benzene rings is 2. The molecule has 26 heavy (non-hydrogen) atoms. The highest BCUT2D eigenvalue weighted by Crippen LogP contribution is 2.50. The van der Waals surface area contributed by atoms with Gasteiger partial charge in [0.05, 0.1) is 12.7 Å². The van der Waals surface area contributed by atoms with Crippen molar-refractivity contribution < 1.29 is 19.3 Å². The number of nitrogens with zero attached hydrogens (tertiary/aromatic N) is 1. The van der Waals surface area contributed by atoms with Crippen LogP contribution >= 0.6 is 0 Å². The number of hydrogen-bond donors (Lipinski definition) is 2. The number of halogens is 1. The summed E-state index contributed by atoms with van der Waals surface area (Å²) in [5.74, 6) is 0.946. The van der Waals surface area contributed by atoms with Crippen molar-refractivity contribution in [1.82, 2.24) is 4.90 Å². The number of aliphatic hydroxyl groups is 1. The molecule has 2 fully saturated rings. The molecule has 1 heterocycles. The number of aromatic hydroxyl groups is 1. The molecule has 4 rings (SSSR count). The molecule has 0 unspecified atom stereocenters. The fourth-order valence-corrected chi connectivity index (χ4v) is 4.69. The van der Waals surface area contributed by atoms with Crippen LogP contribution < -0.4 is 4.74 Å². The first-order valence-electron chi connectivity index (χ1n) is 9.06. The van der Waals surface area contributed by atoms with Gasteiger partial charge in [0, 0.05) is 25.6 Å². The van der Waals surface area contributed by atoms with E-state index < -0.39 is 5.60 Å². The molecule has 2 aliphatic rings. The van der Waals surface area contributed by atoms with E-state index in [1.165, 1.54) is 12.1 Å². The van der Waals surface area contributed by atoms with Crippen molar-refractivity contribution in [2.24, 2.45) is 11.8 Å². The van der Waals surface area contributed by atoms with E-state index >= 15 is 0 Å². The number of rotatable bonds is 4. The Labute approximate surface area is 152 Å². The number of fused-ring (bicyclic) bond motifs is 1. The Morgan fingerprint density at radius 2 is 1.96 bits per heavy atom. The molecule has 0 spiro atoms. The normalized spacial score (nSPS) is 28.3. The number of likely N-dealkylation sites (tertiary alicyclic amines) is 1. The van der Waals surface area contributed by atoms with Crippen LogP contribution in [0.3, 0.4) is 0 Å². The summed E-state index contributed by atoms with van der Waals surface area (Å²) in [5.41, 5.74) is 1.02. The molecular weight excluding hydrogens is 333 g/mol. The van der Waals surface area contributed by atoms with E-state index in [1.54, 1.807) is 25.3 Å². The summed E-state index contributed by atoms with van der Waals surface area (Å²) in [5, 5.41) is 21.1. The van der Waals surface area contributed by atoms with E-state index in [0.29, 0.717) is 11.7 Å². The van der Waals surface area contributed by atoms with Crippen LogP contribution in [-0.4, -0.2) is 35.3 Å². The Hall–Kier alpha value is -2.11. The molecule has 0 aromatic heterocycles. The Kier molecular flexibility index (Phi) is 4.37. The lowest BCUT2D eigenvalue weighted by Gasteiger charge is -2.31. The largest absolute Gasteiger partial charge is 0.504 e. The van der Waals surface area contributed by atoms with Gasteiger partial charge in [0.25, 0.3) is 0 Å². The molecule has 138 valence electrons. The van der Waals surface area contributed by atoms with Crippen molar-refractivity contribution in [2.45, 2.75) is 25.0 Å². The van der Waals surface area contributed by atoms with Crippen LogP contribution in [0.2, 0.25) is 0 Å². The van der Waals surface area contributed by atoms with Gasteiger partial charge >= 0.3 is 0 Å². The molecule has 2 aromatic carbocycles. The van der Waals surface area contributed by atoms with Gasteiger partial charge < -0.3 is 14.9 Å². The van der Waals surface area contributed by atoms with E-state index in [1.807, 2.05) is 12.1 Å². The average Bonchev–Trinajstić information content (AvgIpc) is 3.18. The lowest BCUT2D eigenvalue weighted by molar-refractivity contribution is -0.00688. The predicted octanol–water partition coefficient (Wildman–Crippen LogP) is 3.27. The summed E-state index contributed by atoms with van der Waals surface area (Å²) in [6.07, 6.45) is 1.71. The van der Waals surface area contributed by atoms with Gasteiger partial charge in [0.15, 0.2) is 11.5 Å². The van der Waals surface area contributed by atoms with Crippen molar-refractivity contribution in [3.8, 4) is 11.5 Å². The zero-order valence-electron chi connectivity index (χ0n) is 14.9. The predicted molar refractivity (Wildman–Crippen MR) is 96.4 cm³/mol. The Balaban J connectivity index is 1.50. The average molecular weight is 357 g/mol. The van der Waals surface area contributed by atoms with Crippen molar-refractivity contribution in [1.29, 1.82) is 0 Å². The van der Waals surface area contributed by atoms with Gasteiger partial charge in [-0.25, -0.2) is 4.39 Å². The second kappa shape index (κ2) is 6.56. The third-order valence-corrected chi connectivity index (χ3v) is 6.02. The fourth-order valence-electron chi connectivity index (χ4n) is 4.69. The first-order valence-corrected chi connectivity index (χ1v) is 9.06. The maximum absolute atomic E-state index is 13.2. The lowest BCUT2D eigenvalue weighted by atomic mass is 9.82. The minimum Gasteiger partial charge on any atom is -0.504 e. The monoisotopic (exact) mass is 357 g/mol. The molecule has 0 bridgehead atoms.